The van der Waals surface area contributed by atoms with Gasteiger partial charge in [-0.15, -0.1) is 0 Å². The number of aliphatic hydroxyl groups excluding tert-OH is 2. The Morgan fingerprint density at radius 1 is 0.514 bits per heavy atom. The van der Waals surface area contributed by atoms with Crippen molar-refractivity contribution < 1.29 is 24.5 Å². The standard InChI is InChI=1S/C19H21NO2.C19H19N.C12H9N.C12H20O3/c21-18-12-6-5-11-17(19(18)22)20-15-9-3-1-7-13(15)14-8-2-4-10-16(14)20;1-2-4-10-15(9-3-1)20-18-13-7-5-11-16(18)17-12-6-8-14-19(17)20;1-3-7-11-9(5-1)10-6-2-4-8-12(10)13-11;1-12(2,3)15-11(13)14-10-8-6-4-5-7-9-10/h1-4,7-10,17-19,21-22H,5-6,11-12H2;3,5-9,11-15H,1-2,4,10H2;1-8,13H;6,8,10H,4-5,7,9H2,1-3H3/t17-,18-,19+;15-;;/m01../s1. The molecule has 0 spiro atoms. The van der Waals surface area contributed by atoms with Gasteiger partial charge in [-0.05, 0) is 121 Å². The van der Waals surface area contributed by atoms with Crippen LogP contribution in [-0.4, -0.2) is 54.4 Å². The highest BCUT2D eigenvalue weighted by Crippen LogP contribution is 2.38. The van der Waals surface area contributed by atoms with E-state index >= 15 is 0 Å². The zero-order valence-corrected chi connectivity index (χ0v) is 41.1. The maximum atomic E-state index is 11.4. The van der Waals surface area contributed by atoms with Crippen LogP contribution in [0.1, 0.15) is 110 Å². The van der Waals surface area contributed by atoms with Crippen LogP contribution >= 0.6 is 0 Å². The molecule has 0 amide bonds. The number of allylic oxidation sites excluding steroid dienone is 3. The predicted octanol–water partition coefficient (Wildman–Crippen LogP) is 15.9. The molecule has 1 saturated carbocycles. The average molecular weight is 936 g/mol. The monoisotopic (exact) mass is 936 g/mol. The molecule has 3 N–H and O–H groups in total. The lowest BCUT2D eigenvalue weighted by Crippen LogP contribution is -2.33. The second-order valence-electron chi connectivity index (χ2n) is 20.0. The van der Waals surface area contributed by atoms with Gasteiger partial charge in [0.25, 0.3) is 0 Å². The summed E-state index contributed by atoms with van der Waals surface area (Å²) in [6.45, 7) is 5.49. The van der Waals surface area contributed by atoms with Crippen molar-refractivity contribution in [3.05, 3.63) is 170 Å². The zero-order chi connectivity index (χ0) is 48.5. The lowest BCUT2D eigenvalue weighted by atomic mass is 10.0. The van der Waals surface area contributed by atoms with E-state index < -0.39 is 24.0 Å². The molecule has 9 aromatic rings. The first kappa shape index (κ1) is 48.4. The Hall–Kier alpha value is -6.61. The number of para-hydroxylation sites is 6. The second-order valence-corrected chi connectivity index (χ2v) is 20.0. The highest BCUT2D eigenvalue weighted by Gasteiger charge is 2.32. The number of rotatable bonds is 3. The molecule has 3 aromatic heterocycles. The topological polar surface area (TPSA) is 102 Å². The van der Waals surface area contributed by atoms with Crippen molar-refractivity contribution in [3.8, 4) is 0 Å². The maximum absolute atomic E-state index is 11.4. The van der Waals surface area contributed by atoms with Crippen LogP contribution in [-0.2, 0) is 9.47 Å². The third-order valence-electron chi connectivity index (χ3n) is 13.9. The number of nitrogens with one attached hydrogen (secondary N) is 1. The van der Waals surface area contributed by atoms with Crippen LogP contribution in [0.25, 0.3) is 65.4 Å². The van der Waals surface area contributed by atoms with Crippen molar-refractivity contribution >= 4 is 71.6 Å². The number of aliphatic hydroxyl groups is 2. The van der Waals surface area contributed by atoms with E-state index in [2.05, 4.69) is 166 Å². The lowest BCUT2D eigenvalue weighted by Gasteiger charge is -2.27. The van der Waals surface area contributed by atoms with Crippen LogP contribution < -0.4 is 0 Å². The van der Waals surface area contributed by atoms with Gasteiger partial charge in [-0.3, -0.25) is 0 Å². The van der Waals surface area contributed by atoms with Crippen LogP contribution in [0.4, 0.5) is 4.79 Å². The minimum atomic E-state index is -0.707. The summed E-state index contributed by atoms with van der Waals surface area (Å²) in [5.74, 6) is 0. The average Bonchev–Trinajstić information content (AvgIpc) is 3.75. The number of aromatic nitrogens is 3. The van der Waals surface area contributed by atoms with E-state index in [0.29, 0.717) is 12.5 Å². The molecule has 3 heterocycles. The molecule has 6 aromatic carbocycles. The summed E-state index contributed by atoms with van der Waals surface area (Å²) >= 11 is 0. The van der Waals surface area contributed by atoms with Gasteiger partial charge < -0.3 is 33.8 Å². The molecule has 0 aliphatic heterocycles. The third kappa shape index (κ3) is 11.2. The van der Waals surface area contributed by atoms with E-state index in [1.54, 1.807) is 0 Å². The second kappa shape index (κ2) is 22.4. The Morgan fingerprint density at radius 3 is 1.47 bits per heavy atom. The summed E-state index contributed by atoms with van der Waals surface area (Å²) < 4.78 is 15.1. The first-order valence-electron chi connectivity index (χ1n) is 25.6. The highest BCUT2D eigenvalue weighted by atomic mass is 16.7. The minimum absolute atomic E-state index is 0.0673. The van der Waals surface area contributed by atoms with Crippen molar-refractivity contribution in [2.75, 3.05) is 0 Å². The first-order valence-corrected chi connectivity index (χ1v) is 25.6. The molecule has 0 saturated heterocycles. The molecule has 3 aliphatic rings. The lowest BCUT2D eigenvalue weighted by molar-refractivity contribution is -0.0195. The molecule has 3 aliphatic carbocycles. The smallest absolute Gasteiger partial charge is 0.429 e. The van der Waals surface area contributed by atoms with E-state index in [1.165, 1.54) is 86.5 Å². The Kier molecular flexibility index (Phi) is 15.5. The molecule has 8 heteroatoms. The number of H-pyrrole nitrogens is 1. The number of hydrogen-bond donors (Lipinski definition) is 3. The zero-order valence-electron chi connectivity index (χ0n) is 41.1. The van der Waals surface area contributed by atoms with Gasteiger partial charge in [0.1, 0.15) is 17.8 Å². The normalized spacial score (nSPS) is 20.6. The van der Waals surface area contributed by atoms with Gasteiger partial charge in [0.2, 0.25) is 0 Å². The molecule has 12 rings (SSSR count). The number of benzene rings is 6. The van der Waals surface area contributed by atoms with E-state index in [4.69, 9.17) is 9.47 Å². The largest absolute Gasteiger partial charge is 0.509 e. The molecule has 1 fully saturated rings. The number of nitrogens with zero attached hydrogens (tertiary/aromatic N) is 2. The van der Waals surface area contributed by atoms with E-state index in [-0.39, 0.29) is 12.1 Å². The van der Waals surface area contributed by atoms with Crippen molar-refractivity contribution in [2.45, 2.75) is 134 Å². The molecule has 8 nitrogen and oxygen atoms in total. The maximum Gasteiger partial charge on any atom is 0.509 e. The Labute approximate surface area is 412 Å². The van der Waals surface area contributed by atoms with Crippen LogP contribution in [0.15, 0.2) is 170 Å². The summed E-state index contributed by atoms with van der Waals surface area (Å²) in [4.78, 5) is 14.7. The van der Waals surface area contributed by atoms with E-state index in [9.17, 15) is 15.0 Å². The van der Waals surface area contributed by atoms with E-state index in [1.807, 2.05) is 39.0 Å². The van der Waals surface area contributed by atoms with Gasteiger partial charge in [-0.1, -0.05) is 147 Å². The molecular weight excluding hydrogens is 867 g/mol. The van der Waals surface area contributed by atoms with Gasteiger partial charge in [-0.25, -0.2) is 4.79 Å². The van der Waals surface area contributed by atoms with Gasteiger partial charge in [-0.2, -0.15) is 0 Å². The van der Waals surface area contributed by atoms with Crippen LogP contribution in [0.2, 0.25) is 0 Å². The van der Waals surface area contributed by atoms with Crippen molar-refractivity contribution in [1.29, 1.82) is 0 Å². The quantitative estimate of drug-likeness (QED) is 0.0930. The molecule has 0 radical (unpaired) electrons. The highest BCUT2D eigenvalue weighted by molar-refractivity contribution is 6.09. The Balaban J connectivity index is 0.000000118. The van der Waals surface area contributed by atoms with Crippen LogP contribution in [0.5, 0.6) is 0 Å². The number of carbonyl (C=O) groups excluding carboxylic acids is 1. The van der Waals surface area contributed by atoms with Crippen molar-refractivity contribution in [1.82, 2.24) is 14.1 Å². The molecule has 362 valence electrons. The molecule has 70 heavy (non-hydrogen) atoms. The summed E-state index contributed by atoms with van der Waals surface area (Å²) in [6, 6.07) is 51.5. The van der Waals surface area contributed by atoms with Crippen LogP contribution in [0.3, 0.4) is 0 Å². The summed E-state index contributed by atoms with van der Waals surface area (Å²) in [5, 5.41) is 28.6. The van der Waals surface area contributed by atoms with Crippen molar-refractivity contribution in [2.24, 2.45) is 0 Å². The van der Waals surface area contributed by atoms with Gasteiger partial charge in [0.05, 0.1) is 18.2 Å². The molecular formula is C62H69N3O5. The minimum Gasteiger partial charge on any atom is -0.429 e. The van der Waals surface area contributed by atoms with Gasteiger partial charge in [0.15, 0.2) is 0 Å². The van der Waals surface area contributed by atoms with Gasteiger partial charge in [0, 0.05) is 65.4 Å². The fraction of sp³-hybridized carbons (Fsp3) is 0.339. The predicted molar refractivity (Wildman–Crippen MR) is 290 cm³/mol. The number of fused-ring (bicyclic) bond motifs is 9. The third-order valence-corrected chi connectivity index (χ3v) is 13.9. The SMILES string of the molecule is C1=C[C@@H](n2c3ccccc3c3ccccc32)CCCC1.CC(C)(C)OC(=O)OC1C=CCCCC1.O[C@H]1[C@@H](O)CCCC[C@@H]1n1c2ccccc2c2ccccc21.c1ccc2c(c1)[nH]c1ccccc12. The Morgan fingerprint density at radius 2 is 0.943 bits per heavy atom. The van der Waals surface area contributed by atoms with Crippen molar-refractivity contribution in [3.63, 3.8) is 0 Å². The van der Waals surface area contributed by atoms with Gasteiger partial charge >= 0.3 is 6.16 Å². The molecule has 5 atom stereocenters. The summed E-state index contributed by atoms with van der Waals surface area (Å²) in [6.07, 6.45) is 19.8. The van der Waals surface area contributed by atoms with E-state index in [0.717, 1.165) is 49.6 Å². The van der Waals surface area contributed by atoms with Crippen LogP contribution in [0, 0.1) is 0 Å². The number of ether oxygens (including phenoxy) is 2. The summed E-state index contributed by atoms with van der Waals surface area (Å²) in [7, 11) is 0. The number of aromatic amines is 1. The molecule has 1 unspecified atom stereocenters. The Bertz CT molecular complexity index is 3060. The number of hydrogen-bond acceptors (Lipinski definition) is 5. The number of carbonyl (C=O) groups is 1. The fourth-order valence-corrected chi connectivity index (χ4v) is 10.6. The first-order chi connectivity index (χ1) is 34.1. The fourth-order valence-electron chi connectivity index (χ4n) is 10.6. The summed E-state index contributed by atoms with van der Waals surface area (Å²) in [5.41, 5.74) is 6.96. The molecule has 0 bridgehead atoms.